The van der Waals surface area contributed by atoms with Crippen molar-refractivity contribution in [3.05, 3.63) is 35.5 Å². The van der Waals surface area contributed by atoms with Gasteiger partial charge < -0.3 is 10.1 Å². The first kappa shape index (κ1) is 12.6. The third-order valence-corrected chi connectivity index (χ3v) is 2.98. The van der Waals surface area contributed by atoms with Gasteiger partial charge in [-0.05, 0) is 31.3 Å². The number of likely N-dealkylation sites (N-methyl/N-ethyl adjacent to an activating group) is 1. The van der Waals surface area contributed by atoms with Crippen LogP contribution in [-0.2, 0) is 4.79 Å². The minimum atomic E-state index is -0.133. The molecule has 1 amide bonds. The summed E-state index contributed by atoms with van der Waals surface area (Å²) < 4.78 is 5.51. The lowest BCUT2D eigenvalue weighted by Crippen LogP contribution is -2.25. The molecule has 1 N–H and O–H groups in total. The number of amides is 1. The predicted octanol–water partition coefficient (Wildman–Crippen LogP) is 1.77. The summed E-state index contributed by atoms with van der Waals surface area (Å²) in [7, 11) is 1.65. The molecule has 1 aromatic carbocycles. The molecule has 0 saturated carbocycles. The Morgan fingerprint density at radius 3 is 2.78 bits per heavy atom. The Labute approximate surface area is 111 Å². The molecule has 94 valence electrons. The van der Waals surface area contributed by atoms with Gasteiger partial charge in [-0.15, -0.1) is 0 Å². The molecule has 5 heteroatoms. The zero-order chi connectivity index (χ0) is 13.1. The minimum absolute atomic E-state index is 0.133. The van der Waals surface area contributed by atoms with Crippen molar-refractivity contribution in [2.24, 2.45) is 0 Å². The van der Waals surface area contributed by atoms with Crippen LogP contribution < -0.4 is 10.1 Å². The monoisotopic (exact) mass is 262 g/mol. The standard InChI is InChI=1S/C13H14N2O2S/c1-3-17-11-7-5-4-6-9(11)8-10-12(16)15(2)13(18)14-10/h4-8H,3H2,1-2H3,(H,14,18)/b10-8-. The van der Waals surface area contributed by atoms with Crippen LogP contribution in [0.4, 0.5) is 0 Å². The van der Waals surface area contributed by atoms with Crippen molar-refractivity contribution in [1.82, 2.24) is 10.2 Å². The first-order chi connectivity index (χ1) is 8.63. The van der Waals surface area contributed by atoms with Crippen molar-refractivity contribution in [1.29, 1.82) is 0 Å². The molecule has 4 nitrogen and oxygen atoms in total. The first-order valence-electron chi connectivity index (χ1n) is 5.66. The fraction of sp³-hybridized carbons (Fsp3) is 0.231. The Morgan fingerprint density at radius 2 is 2.17 bits per heavy atom. The van der Waals surface area contributed by atoms with Crippen molar-refractivity contribution in [2.45, 2.75) is 6.92 Å². The van der Waals surface area contributed by atoms with Crippen molar-refractivity contribution in [3.63, 3.8) is 0 Å². The highest BCUT2D eigenvalue weighted by molar-refractivity contribution is 7.80. The third kappa shape index (κ3) is 2.36. The fourth-order valence-corrected chi connectivity index (χ4v) is 1.86. The second kappa shape index (κ2) is 5.18. The van der Waals surface area contributed by atoms with Gasteiger partial charge in [0.25, 0.3) is 5.91 Å². The highest BCUT2D eigenvalue weighted by atomic mass is 32.1. The van der Waals surface area contributed by atoms with Gasteiger partial charge in [0.2, 0.25) is 0 Å². The first-order valence-corrected chi connectivity index (χ1v) is 6.07. The zero-order valence-corrected chi connectivity index (χ0v) is 11.1. The van der Waals surface area contributed by atoms with E-state index in [4.69, 9.17) is 17.0 Å². The van der Waals surface area contributed by atoms with E-state index in [2.05, 4.69) is 5.32 Å². The van der Waals surface area contributed by atoms with Crippen LogP contribution in [0.3, 0.4) is 0 Å². The number of carbonyl (C=O) groups is 1. The lowest BCUT2D eigenvalue weighted by atomic mass is 10.1. The summed E-state index contributed by atoms with van der Waals surface area (Å²) in [5.74, 6) is 0.619. The SMILES string of the molecule is CCOc1ccccc1/C=C1\NC(=S)N(C)C1=O. The van der Waals surface area contributed by atoms with E-state index >= 15 is 0 Å². The summed E-state index contributed by atoms with van der Waals surface area (Å²) in [5, 5.41) is 3.30. The van der Waals surface area contributed by atoms with Crippen molar-refractivity contribution < 1.29 is 9.53 Å². The predicted molar refractivity (Wildman–Crippen MR) is 74.1 cm³/mol. The number of rotatable bonds is 3. The van der Waals surface area contributed by atoms with Gasteiger partial charge in [0.1, 0.15) is 11.4 Å². The third-order valence-electron chi connectivity index (χ3n) is 2.60. The van der Waals surface area contributed by atoms with Crippen LogP contribution in [0, 0.1) is 0 Å². The summed E-state index contributed by atoms with van der Waals surface area (Å²) in [6, 6.07) is 7.57. The van der Waals surface area contributed by atoms with E-state index in [9.17, 15) is 4.79 Å². The fourth-order valence-electron chi connectivity index (χ4n) is 1.67. The van der Waals surface area contributed by atoms with Gasteiger partial charge in [0, 0.05) is 12.6 Å². The molecule has 0 unspecified atom stereocenters. The Kier molecular flexibility index (Phi) is 3.62. The number of hydrogen-bond acceptors (Lipinski definition) is 3. The molecule has 1 saturated heterocycles. The number of thiocarbonyl (C=S) groups is 1. The van der Waals surface area contributed by atoms with Gasteiger partial charge in [-0.25, -0.2) is 0 Å². The van der Waals surface area contributed by atoms with E-state index < -0.39 is 0 Å². The van der Waals surface area contributed by atoms with Crippen LogP contribution in [0.2, 0.25) is 0 Å². The molecule has 1 heterocycles. The van der Waals surface area contributed by atoms with Crippen LogP contribution in [-0.4, -0.2) is 29.6 Å². The number of nitrogens with zero attached hydrogens (tertiary/aromatic N) is 1. The quantitative estimate of drug-likeness (QED) is 0.666. The molecule has 0 aromatic heterocycles. The summed E-state index contributed by atoms with van der Waals surface area (Å²) in [6.45, 7) is 2.51. The van der Waals surface area contributed by atoms with Gasteiger partial charge in [-0.1, -0.05) is 18.2 Å². The molecule has 1 aliphatic heterocycles. The smallest absolute Gasteiger partial charge is 0.276 e. The Bertz CT molecular complexity index is 525. The van der Waals surface area contributed by atoms with Gasteiger partial charge in [0.15, 0.2) is 5.11 Å². The van der Waals surface area contributed by atoms with Crippen molar-refractivity contribution in [3.8, 4) is 5.75 Å². The van der Waals surface area contributed by atoms with Gasteiger partial charge in [-0.3, -0.25) is 9.69 Å². The molecule has 1 aromatic rings. The lowest BCUT2D eigenvalue weighted by Gasteiger charge is -2.07. The molecule has 1 aliphatic rings. The summed E-state index contributed by atoms with van der Waals surface area (Å²) >= 11 is 5.02. The van der Waals surface area contributed by atoms with E-state index in [1.54, 1.807) is 13.1 Å². The number of hydrogen-bond donors (Lipinski definition) is 1. The number of carbonyl (C=O) groups excluding carboxylic acids is 1. The Morgan fingerprint density at radius 1 is 1.44 bits per heavy atom. The topological polar surface area (TPSA) is 41.6 Å². The number of nitrogens with one attached hydrogen (secondary N) is 1. The van der Waals surface area contributed by atoms with E-state index in [0.29, 0.717) is 17.4 Å². The summed E-state index contributed by atoms with van der Waals surface area (Å²) in [5.41, 5.74) is 1.32. The van der Waals surface area contributed by atoms with Crippen LogP contribution in [0.25, 0.3) is 6.08 Å². The molecule has 0 aliphatic carbocycles. The van der Waals surface area contributed by atoms with E-state index in [0.717, 1.165) is 11.3 Å². The molecule has 18 heavy (non-hydrogen) atoms. The molecule has 0 atom stereocenters. The van der Waals surface area contributed by atoms with Gasteiger partial charge in [-0.2, -0.15) is 0 Å². The minimum Gasteiger partial charge on any atom is -0.493 e. The maximum Gasteiger partial charge on any atom is 0.276 e. The molecule has 0 bridgehead atoms. The van der Waals surface area contributed by atoms with E-state index in [1.165, 1.54) is 4.90 Å². The maximum atomic E-state index is 11.9. The largest absolute Gasteiger partial charge is 0.493 e. The Hall–Kier alpha value is -1.88. The lowest BCUT2D eigenvalue weighted by molar-refractivity contribution is -0.121. The average molecular weight is 262 g/mol. The number of ether oxygens (including phenoxy) is 1. The molecular formula is C13H14N2O2S. The molecule has 0 radical (unpaired) electrons. The van der Waals surface area contributed by atoms with Gasteiger partial charge in [0.05, 0.1) is 6.61 Å². The van der Waals surface area contributed by atoms with Crippen molar-refractivity contribution >= 4 is 29.3 Å². The second-order valence-electron chi connectivity index (χ2n) is 3.82. The van der Waals surface area contributed by atoms with E-state index in [-0.39, 0.29) is 5.91 Å². The molecule has 1 fully saturated rings. The number of para-hydroxylation sites is 1. The Balaban J connectivity index is 2.34. The van der Waals surface area contributed by atoms with Gasteiger partial charge >= 0.3 is 0 Å². The van der Waals surface area contributed by atoms with Crippen LogP contribution in [0.1, 0.15) is 12.5 Å². The van der Waals surface area contributed by atoms with Crippen LogP contribution in [0.5, 0.6) is 5.75 Å². The highest BCUT2D eigenvalue weighted by Gasteiger charge is 2.27. The molecule has 2 rings (SSSR count). The van der Waals surface area contributed by atoms with Crippen molar-refractivity contribution in [2.75, 3.05) is 13.7 Å². The second-order valence-corrected chi connectivity index (χ2v) is 4.21. The molecular weight excluding hydrogens is 248 g/mol. The van der Waals surface area contributed by atoms with E-state index in [1.807, 2.05) is 31.2 Å². The molecule has 0 spiro atoms. The van der Waals surface area contributed by atoms with Crippen LogP contribution >= 0.6 is 12.2 Å². The normalized spacial score (nSPS) is 17.2. The number of benzene rings is 1. The summed E-state index contributed by atoms with van der Waals surface area (Å²) in [6.07, 6.45) is 1.75. The maximum absolute atomic E-state index is 11.9. The van der Waals surface area contributed by atoms with Crippen LogP contribution in [0.15, 0.2) is 30.0 Å². The summed E-state index contributed by atoms with van der Waals surface area (Å²) in [4.78, 5) is 13.3. The average Bonchev–Trinajstić information content (AvgIpc) is 2.60. The highest BCUT2D eigenvalue weighted by Crippen LogP contribution is 2.22. The zero-order valence-electron chi connectivity index (χ0n) is 10.3.